The molecule has 17 heavy (non-hydrogen) atoms. The monoisotopic (exact) mass is 297 g/mol. The van der Waals surface area contributed by atoms with Gasteiger partial charge >= 0.3 is 0 Å². The van der Waals surface area contributed by atoms with Gasteiger partial charge in [-0.05, 0) is 34.5 Å². The Morgan fingerprint density at radius 3 is 3.12 bits per heavy atom. The second-order valence-electron chi connectivity index (χ2n) is 4.39. The quantitative estimate of drug-likeness (QED) is 0.921. The van der Waals surface area contributed by atoms with Crippen molar-refractivity contribution in [3.63, 3.8) is 0 Å². The van der Waals surface area contributed by atoms with Crippen molar-refractivity contribution < 1.29 is 4.79 Å². The van der Waals surface area contributed by atoms with E-state index in [0.717, 1.165) is 36.2 Å². The van der Waals surface area contributed by atoms with Gasteiger partial charge in [0, 0.05) is 43.3 Å². The normalized spacial score (nSPS) is 20.5. The fraction of sp³-hybridized carbons (Fsp3) is 0.500. The molecule has 5 heteroatoms. The summed E-state index contributed by atoms with van der Waals surface area (Å²) >= 11 is 3.37. The van der Waals surface area contributed by atoms with Crippen LogP contribution in [0.5, 0.6) is 0 Å². The van der Waals surface area contributed by atoms with E-state index in [1.54, 1.807) is 6.92 Å². The molecular formula is C12H16BrN3O. The fourth-order valence-corrected chi connectivity index (χ4v) is 2.35. The van der Waals surface area contributed by atoms with E-state index in [0.29, 0.717) is 6.04 Å². The number of nitrogens with zero attached hydrogens (tertiary/aromatic N) is 2. The van der Waals surface area contributed by atoms with Crippen molar-refractivity contribution >= 4 is 21.8 Å². The van der Waals surface area contributed by atoms with Gasteiger partial charge in [0.05, 0.1) is 5.69 Å². The minimum absolute atomic E-state index is 0.0543. The van der Waals surface area contributed by atoms with Gasteiger partial charge in [0.25, 0.3) is 0 Å². The Labute approximate surface area is 110 Å². The fourth-order valence-electron chi connectivity index (χ4n) is 2.11. The van der Waals surface area contributed by atoms with Gasteiger partial charge in [-0.25, -0.2) is 0 Å². The summed E-state index contributed by atoms with van der Waals surface area (Å²) in [5.41, 5.74) is 1.07. The molecule has 0 radical (unpaired) electrons. The standard InChI is InChI=1S/C12H16BrN3O/c1-9(17)15-12-4-5-16(8-12)7-11-3-2-10(13)6-14-11/h2-3,6,12H,4-5,7-8H2,1H3,(H,15,17). The number of rotatable bonds is 3. The van der Waals surface area contributed by atoms with Crippen LogP contribution in [0.3, 0.4) is 0 Å². The number of aromatic nitrogens is 1. The lowest BCUT2D eigenvalue weighted by atomic mass is 10.2. The van der Waals surface area contributed by atoms with Gasteiger partial charge in [-0.2, -0.15) is 0 Å². The third kappa shape index (κ3) is 3.78. The molecule has 1 aliphatic heterocycles. The van der Waals surface area contributed by atoms with Gasteiger partial charge in [-0.3, -0.25) is 14.7 Å². The molecule has 0 spiro atoms. The van der Waals surface area contributed by atoms with Crippen LogP contribution >= 0.6 is 15.9 Å². The number of hydrogen-bond acceptors (Lipinski definition) is 3. The van der Waals surface area contributed by atoms with E-state index >= 15 is 0 Å². The third-order valence-corrected chi connectivity index (χ3v) is 3.32. The van der Waals surface area contributed by atoms with E-state index in [9.17, 15) is 4.79 Å². The average Bonchev–Trinajstić information content (AvgIpc) is 2.68. The molecule has 1 aromatic rings. The van der Waals surface area contributed by atoms with Gasteiger partial charge in [-0.15, -0.1) is 0 Å². The Morgan fingerprint density at radius 1 is 1.65 bits per heavy atom. The largest absolute Gasteiger partial charge is 0.352 e. The Hall–Kier alpha value is -0.940. The van der Waals surface area contributed by atoms with Crippen LogP contribution in [-0.2, 0) is 11.3 Å². The topological polar surface area (TPSA) is 45.2 Å². The lowest BCUT2D eigenvalue weighted by Gasteiger charge is -2.15. The Bertz CT molecular complexity index is 393. The first-order chi connectivity index (χ1) is 8.13. The smallest absolute Gasteiger partial charge is 0.217 e. The van der Waals surface area contributed by atoms with Crippen LogP contribution in [0.2, 0.25) is 0 Å². The number of carbonyl (C=O) groups is 1. The molecule has 1 aromatic heterocycles. The van der Waals surface area contributed by atoms with Crippen molar-refractivity contribution in [3.05, 3.63) is 28.5 Å². The highest BCUT2D eigenvalue weighted by molar-refractivity contribution is 9.10. The number of carbonyl (C=O) groups excluding carboxylic acids is 1. The van der Waals surface area contributed by atoms with Crippen molar-refractivity contribution in [2.75, 3.05) is 13.1 Å². The SMILES string of the molecule is CC(=O)NC1CCN(Cc2ccc(Br)cn2)C1. The lowest BCUT2D eigenvalue weighted by Crippen LogP contribution is -2.35. The molecule has 1 N–H and O–H groups in total. The number of likely N-dealkylation sites (tertiary alicyclic amines) is 1. The Morgan fingerprint density at radius 2 is 2.47 bits per heavy atom. The van der Waals surface area contributed by atoms with Crippen LogP contribution in [0.4, 0.5) is 0 Å². The molecule has 1 atom stereocenters. The highest BCUT2D eigenvalue weighted by atomic mass is 79.9. The molecule has 0 aliphatic carbocycles. The summed E-state index contributed by atoms with van der Waals surface area (Å²) in [6.07, 6.45) is 2.84. The summed E-state index contributed by atoms with van der Waals surface area (Å²) in [4.78, 5) is 17.6. The first-order valence-corrected chi connectivity index (χ1v) is 6.52. The Balaban J connectivity index is 1.85. The second kappa shape index (κ2) is 5.60. The van der Waals surface area contributed by atoms with Gasteiger partial charge in [0.15, 0.2) is 0 Å². The highest BCUT2D eigenvalue weighted by Crippen LogP contribution is 2.14. The number of hydrogen-bond donors (Lipinski definition) is 1. The maximum absolute atomic E-state index is 11.0. The zero-order chi connectivity index (χ0) is 12.3. The van der Waals surface area contributed by atoms with E-state index in [4.69, 9.17) is 0 Å². The molecule has 1 aliphatic rings. The summed E-state index contributed by atoms with van der Waals surface area (Å²) < 4.78 is 0.999. The van der Waals surface area contributed by atoms with Crippen LogP contribution < -0.4 is 5.32 Å². The van der Waals surface area contributed by atoms with Gasteiger partial charge < -0.3 is 5.32 Å². The number of pyridine rings is 1. The van der Waals surface area contributed by atoms with Crippen molar-refractivity contribution in [3.8, 4) is 0 Å². The van der Waals surface area contributed by atoms with E-state index in [-0.39, 0.29) is 5.91 Å². The molecule has 2 heterocycles. The first kappa shape index (κ1) is 12.5. The molecule has 0 saturated carbocycles. The van der Waals surface area contributed by atoms with Crippen LogP contribution in [0.1, 0.15) is 19.0 Å². The minimum Gasteiger partial charge on any atom is -0.352 e. The Kier molecular flexibility index (Phi) is 4.12. The summed E-state index contributed by atoms with van der Waals surface area (Å²) in [5, 5.41) is 2.96. The molecule has 4 nitrogen and oxygen atoms in total. The van der Waals surface area contributed by atoms with Gasteiger partial charge in [0.2, 0.25) is 5.91 Å². The minimum atomic E-state index is 0.0543. The predicted octanol–water partition coefficient (Wildman–Crippen LogP) is 1.55. The van der Waals surface area contributed by atoms with Crippen LogP contribution in [0.25, 0.3) is 0 Å². The first-order valence-electron chi connectivity index (χ1n) is 5.73. The number of nitrogens with one attached hydrogen (secondary N) is 1. The molecule has 2 rings (SSSR count). The van der Waals surface area contributed by atoms with Crippen molar-refractivity contribution in [2.45, 2.75) is 25.9 Å². The summed E-state index contributed by atoms with van der Waals surface area (Å²) in [5.74, 6) is 0.0543. The van der Waals surface area contributed by atoms with Crippen molar-refractivity contribution in [1.82, 2.24) is 15.2 Å². The second-order valence-corrected chi connectivity index (χ2v) is 5.30. The molecule has 0 aromatic carbocycles. The predicted molar refractivity (Wildman–Crippen MR) is 69.4 cm³/mol. The van der Waals surface area contributed by atoms with Crippen LogP contribution in [-0.4, -0.2) is 34.9 Å². The summed E-state index contributed by atoms with van der Waals surface area (Å²) in [7, 11) is 0. The van der Waals surface area contributed by atoms with E-state index in [2.05, 4.69) is 31.1 Å². The molecule has 1 amide bonds. The number of halogens is 1. The van der Waals surface area contributed by atoms with Crippen molar-refractivity contribution in [1.29, 1.82) is 0 Å². The maximum Gasteiger partial charge on any atom is 0.217 e. The molecular weight excluding hydrogens is 282 g/mol. The third-order valence-electron chi connectivity index (χ3n) is 2.85. The van der Waals surface area contributed by atoms with Crippen LogP contribution in [0.15, 0.2) is 22.8 Å². The van der Waals surface area contributed by atoms with Gasteiger partial charge in [-0.1, -0.05) is 0 Å². The van der Waals surface area contributed by atoms with Crippen LogP contribution in [0, 0.1) is 0 Å². The molecule has 1 saturated heterocycles. The number of amides is 1. The zero-order valence-corrected chi connectivity index (χ0v) is 11.4. The van der Waals surface area contributed by atoms with E-state index in [1.807, 2.05) is 18.3 Å². The van der Waals surface area contributed by atoms with E-state index in [1.165, 1.54) is 0 Å². The zero-order valence-electron chi connectivity index (χ0n) is 9.82. The highest BCUT2D eigenvalue weighted by Gasteiger charge is 2.22. The molecule has 1 fully saturated rings. The molecule has 1 unspecified atom stereocenters. The van der Waals surface area contributed by atoms with Gasteiger partial charge in [0.1, 0.15) is 0 Å². The molecule has 92 valence electrons. The summed E-state index contributed by atoms with van der Waals surface area (Å²) in [6.45, 7) is 4.35. The summed E-state index contributed by atoms with van der Waals surface area (Å²) in [6, 6.07) is 4.32. The van der Waals surface area contributed by atoms with Crippen molar-refractivity contribution in [2.24, 2.45) is 0 Å². The lowest BCUT2D eigenvalue weighted by molar-refractivity contribution is -0.119. The van der Waals surface area contributed by atoms with E-state index < -0.39 is 0 Å². The average molecular weight is 298 g/mol. The maximum atomic E-state index is 11.0. The molecule has 0 bridgehead atoms.